The van der Waals surface area contributed by atoms with E-state index in [0.29, 0.717) is 6.29 Å². The van der Waals surface area contributed by atoms with Crippen molar-refractivity contribution in [3.05, 3.63) is 64.5 Å². The number of amides is 2. The van der Waals surface area contributed by atoms with Gasteiger partial charge in [0, 0.05) is 48.6 Å². The number of anilines is 1. The Bertz CT molecular complexity index is 1380. The van der Waals surface area contributed by atoms with Gasteiger partial charge in [-0.2, -0.15) is 0 Å². The van der Waals surface area contributed by atoms with Crippen LogP contribution in [0.25, 0.3) is 0 Å². The molecule has 1 unspecified atom stereocenters. The van der Waals surface area contributed by atoms with Crippen LogP contribution < -0.4 is 10.6 Å². The SMILES string of the molecule is [B]C1(N(C)Cc2c(C=O)cccc2NCc2ccc(C(O)(O)N3CCOCC3)cc2F)C(=O)NC(=O)C(O)(O)C1(O)O. The molecule has 2 amide bonds. The molecular weight excluding hydrogens is 558 g/mol. The average molecular weight is 588 g/mol. The third-order valence-electron chi connectivity index (χ3n) is 7.61. The van der Waals surface area contributed by atoms with Crippen molar-refractivity contribution in [1.29, 1.82) is 0 Å². The lowest BCUT2D eigenvalue weighted by Crippen LogP contribution is -2.85. The Kier molecular flexibility index (Phi) is 8.59. The van der Waals surface area contributed by atoms with Crippen LogP contribution in [0.2, 0.25) is 0 Å². The number of carbonyl (C=O) groups excluding carboxylic acids is 3. The Labute approximate surface area is 240 Å². The molecule has 16 heteroatoms. The molecule has 42 heavy (non-hydrogen) atoms. The molecule has 1 atom stereocenters. The van der Waals surface area contributed by atoms with Gasteiger partial charge < -0.3 is 40.7 Å². The number of likely N-dealkylation sites (N-methyl/N-ethyl adjacent to an activating group) is 1. The Morgan fingerprint density at radius 1 is 1.14 bits per heavy atom. The molecule has 0 aliphatic carbocycles. The lowest BCUT2D eigenvalue weighted by atomic mass is 9.63. The van der Waals surface area contributed by atoms with E-state index in [1.54, 1.807) is 5.32 Å². The number of nitrogens with one attached hydrogen (secondary N) is 2. The highest BCUT2D eigenvalue weighted by Gasteiger charge is 2.71. The van der Waals surface area contributed by atoms with Gasteiger partial charge in [-0.3, -0.25) is 24.6 Å². The lowest BCUT2D eigenvalue weighted by Gasteiger charge is -2.52. The summed E-state index contributed by atoms with van der Waals surface area (Å²) in [5, 5.41) is 66.8. The quantitative estimate of drug-likeness (QED) is 0.0636. The summed E-state index contributed by atoms with van der Waals surface area (Å²) in [6, 6.07) is 8.11. The van der Waals surface area contributed by atoms with Crippen LogP contribution in [0.15, 0.2) is 36.4 Å². The highest BCUT2D eigenvalue weighted by atomic mass is 19.1. The molecule has 8 N–H and O–H groups in total. The van der Waals surface area contributed by atoms with Crippen molar-refractivity contribution in [3.63, 3.8) is 0 Å². The van der Waals surface area contributed by atoms with Crippen molar-refractivity contribution < 1.29 is 54.2 Å². The van der Waals surface area contributed by atoms with Crippen molar-refractivity contribution in [1.82, 2.24) is 15.1 Å². The van der Waals surface area contributed by atoms with Gasteiger partial charge in [-0.15, -0.1) is 0 Å². The van der Waals surface area contributed by atoms with Crippen LogP contribution in [0.5, 0.6) is 0 Å². The van der Waals surface area contributed by atoms with Crippen LogP contribution in [0.3, 0.4) is 0 Å². The fraction of sp³-hybridized carbons (Fsp3) is 0.423. The first-order valence-corrected chi connectivity index (χ1v) is 12.7. The number of rotatable bonds is 9. The summed E-state index contributed by atoms with van der Waals surface area (Å²) in [5.41, 5.74) is -2.53. The summed E-state index contributed by atoms with van der Waals surface area (Å²) >= 11 is 0. The zero-order valence-corrected chi connectivity index (χ0v) is 22.5. The molecule has 0 bridgehead atoms. The fourth-order valence-corrected chi connectivity index (χ4v) is 4.87. The number of hydrogen-bond donors (Lipinski definition) is 8. The predicted molar refractivity (Wildman–Crippen MR) is 142 cm³/mol. The zero-order valence-electron chi connectivity index (χ0n) is 22.5. The normalized spacial score (nSPS) is 22.6. The van der Waals surface area contributed by atoms with E-state index in [1.807, 2.05) is 0 Å². The highest BCUT2D eigenvalue weighted by Crippen LogP contribution is 2.37. The molecule has 0 saturated carbocycles. The first-order chi connectivity index (χ1) is 19.6. The maximum absolute atomic E-state index is 15.1. The number of imide groups is 1. The van der Waals surface area contributed by atoms with Crippen LogP contribution >= 0.6 is 0 Å². The molecule has 2 heterocycles. The van der Waals surface area contributed by atoms with E-state index in [1.165, 1.54) is 35.2 Å². The van der Waals surface area contributed by atoms with E-state index in [4.69, 9.17) is 12.6 Å². The number of benzene rings is 2. The Hall–Kier alpha value is -3.32. The number of carbonyl (C=O) groups is 3. The van der Waals surface area contributed by atoms with Crippen LogP contribution in [-0.4, -0.2) is 117 Å². The number of aliphatic hydroxyl groups is 6. The third kappa shape index (κ3) is 5.21. The molecule has 2 aliphatic heterocycles. The smallest absolute Gasteiger partial charge is 0.302 e. The second-order valence-electron chi connectivity index (χ2n) is 10.1. The molecule has 2 saturated heterocycles. The number of piperidine rings is 1. The minimum Gasteiger partial charge on any atom is -0.381 e. The third-order valence-corrected chi connectivity index (χ3v) is 7.61. The molecule has 14 nitrogen and oxygen atoms in total. The van der Waals surface area contributed by atoms with Crippen LogP contribution in [0.4, 0.5) is 10.1 Å². The standard InChI is InChI=1S/C26H30BFN4O10/c1-31(23(27)21(34)30-22(35)24(36,37)26(23,40)41)13-18-16(14-33)3-2-4-20(18)29-12-15-5-6-17(11-19(15)28)25(38,39)32-7-9-42-10-8-32/h2-6,11,14,29,36-41H,7-10,12-13H2,1H3,(H,30,34,35). The summed E-state index contributed by atoms with van der Waals surface area (Å²) in [6.45, 7) is 0.405. The molecular formula is C26H30BFN4O10. The molecule has 2 aromatic rings. The van der Waals surface area contributed by atoms with E-state index in [-0.39, 0.29) is 60.8 Å². The van der Waals surface area contributed by atoms with E-state index < -0.39 is 47.1 Å². The van der Waals surface area contributed by atoms with E-state index >= 15 is 4.39 Å². The highest BCUT2D eigenvalue weighted by molar-refractivity contribution is 6.32. The van der Waals surface area contributed by atoms with Gasteiger partial charge >= 0.3 is 5.79 Å². The van der Waals surface area contributed by atoms with Crippen LogP contribution in [0.1, 0.15) is 27.0 Å². The molecule has 2 fully saturated rings. The zero-order chi connectivity index (χ0) is 31.1. The molecule has 4 rings (SSSR count). The van der Waals surface area contributed by atoms with Gasteiger partial charge in [0.15, 0.2) is 0 Å². The number of aldehydes is 1. The number of morpholine rings is 1. The van der Waals surface area contributed by atoms with Gasteiger partial charge in [0.05, 0.1) is 13.2 Å². The first kappa shape index (κ1) is 31.6. The van der Waals surface area contributed by atoms with Crippen molar-refractivity contribution in [2.24, 2.45) is 0 Å². The fourth-order valence-electron chi connectivity index (χ4n) is 4.87. The molecule has 224 valence electrons. The summed E-state index contributed by atoms with van der Waals surface area (Å²) < 4.78 is 20.3. The second-order valence-corrected chi connectivity index (χ2v) is 10.1. The number of nitrogens with zero attached hydrogens (tertiary/aromatic N) is 2. The second kappa shape index (κ2) is 11.4. The first-order valence-electron chi connectivity index (χ1n) is 12.7. The maximum atomic E-state index is 15.1. The van der Waals surface area contributed by atoms with Gasteiger partial charge in [-0.05, 0) is 24.7 Å². The van der Waals surface area contributed by atoms with E-state index in [9.17, 15) is 45.0 Å². The Balaban J connectivity index is 1.58. The van der Waals surface area contributed by atoms with Gasteiger partial charge in [0.1, 0.15) is 25.4 Å². The summed E-state index contributed by atoms with van der Waals surface area (Å²) in [6.07, 6.45) is 0.471. The van der Waals surface area contributed by atoms with Crippen molar-refractivity contribution >= 4 is 31.6 Å². The van der Waals surface area contributed by atoms with E-state index in [0.717, 1.165) is 18.0 Å². The van der Waals surface area contributed by atoms with Gasteiger partial charge in [-0.1, -0.05) is 24.3 Å². The average Bonchev–Trinajstić information content (AvgIpc) is 2.95. The van der Waals surface area contributed by atoms with Crippen molar-refractivity contribution in [2.45, 2.75) is 36.0 Å². The van der Waals surface area contributed by atoms with Crippen molar-refractivity contribution in [3.8, 4) is 0 Å². The van der Waals surface area contributed by atoms with Crippen LogP contribution in [-0.2, 0) is 33.3 Å². The summed E-state index contributed by atoms with van der Waals surface area (Å²) in [7, 11) is 7.08. The van der Waals surface area contributed by atoms with E-state index in [2.05, 4.69) is 5.32 Å². The van der Waals surface area contributed by atoms with Gasteiger partial charge in [0.25, 0.3) is 11.8 Å². The summed E-state index contributed by atoms with van der Waals surface area (Å²) in [4.78, 5) is 38.4. The lowest BCUT2D eigenvalue weighted by molar-refractivity contribution is -0.364. The topological polar surface area (TPSA) is 212 Å². The van der Waals surface area contributed by atoms with Gasteiger partial charge in [0.2, 0.25) is 11.7 Å². The predicted octanol–water partition coefficient (Wildman–Crippen LogP) is -3.01. The molecule has 2 radical (unpaired) electrons. The number of hydrogen-bond acceptors (Lipinski definition) is 13. The molecule has 0 spiro atoms. The minimum absolute atomic E-state index is 0.0650. The van der Waals surface area contributed by atoms with Crippen molar-refractivity contribution in [2.75, 3.05) is 38.7 Å². The Morgan fingerprint density at radius 3 is 2.43 bits per heavy atom. The number of ether oxygens (including phenoxy) is 1. The molecule has 2 aliphatic rings. The summed E-state index contributed by atoms with van der Waals surface area (Å²) in [5.74, 6) is -14.2. The molecule has 2 aromatic carbocycles. The maximum Gasteiger partial charge on any atom is 0.302 e. The minimum atomic E-state index is -3.89. The largest absolute Gasteiger partial charge is 0.381 e. The van der Waals surface area contributed by atoms with Crippen LogP contribution in [0, 0.1) is 5.82 Å². The monoisotopic (exact) mass is 588 g/mol. The Morgan fingerprint density at radius 2 is 1.81 bits per heavy atom. The van der Waals surface area contributed by atoms with Gasteiger partial charge in [-0.25, -0.2) is 9.29 Å². The molecule has 0 aromatic heterocycles. The number of halogens is 1.